The number of pyridine rings is 1. The van der Waals surface area contributed by atoms with Crippen molar-refractivity contribution >= 4 is 5.69 Å². The van der Waals surface area contributed by atoms with Crippen LogP contribution in [-0.4, -0.2) is 12.1 Å². The molecular formula is C14H13N3O2. The highest BCUT2D eigenvalue weighted by Gasteiger charge is 2.08. The SMILES string of the molecule is COc1ccc(Oc2nc(C)ccc2C#N)cc1N. The zero-order valence-corrected chi connectivity index (χ0v) is 10.7. The number of ether oxygens (including phenoxy) is 2. The summed E-state index contributed by atoms with van der Waals surface area (Å²) in [6.07, 6.45) is 0. The fourth-order valence-electron chi connectivity index (χ4n) is 1.58. The summed E-state index contributed by atoms with van der Waals surface area (Å²) in [5.41, 5.74) is 7.41. The molecule has 0 atom stereocenters. The second-order valence-corrected chi connectivity index (χ2v) is 3.92. The van der Waals surface area contributed by atoms with Gasteiger partial charge in [-0.1, -0.05) is 0 Å². The minimum Gasteiger partial charge on any atom is -0.495 e. The number of hydrogen-bond acceptors (Lipinski definition) is 5. The Morgan fingerprint density at radius 1 is 1.26 bits per heavy atom. The summed E-state index contributed by atoms with van der Waals surface area (Å²) in [5.74, 6) is 1.35. The van der Waals surface area contributed by atoms with Gasteiger partial charge in [0.1, 0.15) is 23.1 Å². The fourth-order valence-corrected chi connectivity index (χ4v) is 1.58. The third-order valence-corrected chi connectivity index (χ3v) is 2.54. The summed E-state index contributed by atoms with van der Waals surface area (Å²) in [6.45, 7) is 1.83. The minimum atomic E-state index is 0.270. The molecule has 0 unspecified atom stereocenters. The molecule has 5 heteroatoms. The average Bonchev–Trinajstić information content (AvgIpc) is 2.39. The molecular weight excluding hydrogens is 242 g/mol. The van der Waals surface area contributed by atoms with E-state index in [0.717, 1.165) is 5.69 Å². The number of nitrogen functional groups attached to an aromatic ring is 1. The van der Waals surface area contributed by atoms with E-state index in [1.165, 1.54) is 0 Å². The molecule has 5 nitrogen and oxygen atoms in total. The van der Waals surface area contributed by atoms with E-state index in [9.17, 15) is 0 Å². The molecule has 0 fully saturated rings. The number of nitrogens with two attached hydrogens (primary N) is 1. The van der Waals surface area contributed by atoms with Gasteiger partial charge in [0.25, 0.3) is 0 Å². The van der Waals surface area contributed by atoms with E-state index in [1.807, 2.05) is 13.0 Å². The highest BCUT2D eigenvalue weighted by molar-refractivity contribution is 5.56. The maximum Gasteiger partial charge on any atom is 0.237 e. The maximum atomic E-state index is 9.01. The minimum absolute atomic E-state index is 0.270. The maximum absolute atomic E-state index is 9.01. The Morgan fingerprint density at radius 3 is 2.68 bits per heavy atom. The predicted octanol–water partition coefficient (Wildman–Crippen LogP) is 2.64. The molecule has 0 aliphatic heterocycles. The summed E-state index contributed by atoms with van der Waals surface area (Å²) >= 11 is 0. The van der Waals surface area contributed by atoms with Gasteiger partial charge in [0.2, 0.25) is 5.88 Å². The Morgan fingerprint density at radius 2 is 2.05 bits per heavy atom. The number of nitriles is 1. The van der Waals surface area contributed by atoms with Crippen LogP contribution in [0.2, 0.25) is 0 Å². The molecule has 0 bridgehead atoms. The second-order valence-electron chi connectivity index (χ2n) is 3.92. The molecule has 0 saturated heterocycles. The number of rotatable bonds is 3. The fraction of sp³-hybridized carbons (Fsp3) is 0.143. The van der Waals surface area contributed by atoms with E-state index in [1.54, 1.807) is 37.4 Å². The first-order valence-electron chi connectivity index (χ1n) is 5.63. The molecule has 2 aromatic rings. The molecule has 19 heavy (non-hydrogen) atoms. The van der Waals surface area contributed by atoms with Crippen molar-refractivity contribution in [1.29, 1.82) is 5.26 Å². The molecule has 0 radical (unpaired) electrons. The molecule has 0 aliphatic carbocycles. The normalized spacial score (nSPS) is 9.74. The van der Waals surface area contributed by atoms with Crippen molar-refractivity contribution in [3.63, 3.8) is 0 Å². The topological polar surface area (TPSA) is 81.2 Å². The predicted molar refractivity (Wildman–Crippen MR) is 71.2 cm³/mol. The number of nitrogens with zero attached hydrogens (tertiary/aromatic N) is 2. The van der Waals surface area contributed by atoms with Gasteiger partial charge in [-0.15, -0.1) is 0 Å². The lowest BCUT2D eigenvalue weighted by Crippen LogP contribution is -1.96. The first-order chi connectivity index (χ1) is 9.13. The smallest absolute Gasteiger partial charge is 0.237 e. The standard InChI is InChI=1S/C14H13N3O2/c1-9-3-4-10(8-15)14(17-9)19-11-5-6-13(18-2)12(16)7-11/h3-7H,16H2,1-2H3. The largest absolute Gasteiger partial charge is 0.495 e. The van der Waals surface area contributed by atoms with Gasteiger partial charge in [-0.25, -0.2) is 4.98 Å². The van der Waals surface area contributed by atoms with E-state index in [4.69, 9.17) is 20.5 Å². The zero-order chi connectivity index (χ0) is 13.8. The van der Waals surface area contributed by atoms with Crippen LogP contribution >= 0.6 is 0 Å². The highest BCUT2D eigenvalue weighted by Crippen LogP contribution is 2.29. The molecule has 1 aromatic heterocycles. The van der Waals surface area contributed by atoms with Crippen LogP contribution in [0.3, 0.4) is 0 Å². The molecule has 1 aromatic carbocycles. The lowest BCUT2D eigenvalue weighted by Gasteiger charge is -2.09. The lowest BCUT2D eigenvalue weighted by molar-refractivity contribution is 0.414. The van der Waals surface area contributed by atoms with Crippen molar-refractivity contribution in [2.24, 2.45) is 0 Å². The number of methoxy groups -OCH3 is 1. The monoisotopic (exact) mass is 255 g/mol. The van der Waals surface area contributed by atoms with Crippen LogP contribution in [0.15, 0.2) is 30.3 Å². The zero-order valence-electron chi connectivity index (χ0n) is 10.7. The van der Waals surface area contributed by atoms with Crippen LogP contribution in [0.1, 0.15) is 11.3 Å². The lowest BCUT2D eigenvalue weighted by atomic mass is 10.2. The van der Waals surface area contributed by atoms with Crippen molar-refractivity contribution in [1.82, 2.24) is 4.98 Å². The van der Waals surface area contributed by atoms with E-state index in [2.05, 4.69) is 4.98 Å². The second kappa shape index (κ2) is 5.27. The van der Waals surface area contributed by atoms with Crippen molar-refractivity contribution in [2.45, 2.75) is 6.92 Å². The van der Waals surface area contributed by atoms with Crippen molar-refractivity contribution in [2.75, 3.05) is 12.8 Å². The van der Waals surface area contributed by atoms with E-state index >= 15 is 0 Å². The van der Waals surface area contributed by atoms with Crippen molar-refractivity contribution in [3.8, 4) is 23.4 Å². The molecule has 2 rings (SSSR count). The third kappa shape index (κ3) is 2.75. The van der Waals surface area contributed by atoms with Crippen molar-refractivity contribution in [3.05, 3.63) is 41.6 Å². The Kier molecular flexibility index (Phi) is 3.53. The first kappa shape index (κ1) is 12.7. The summed E-state index contributed by atoms with van der Waals surface area (Å²) in [6, 6.07) is 10.5. The Balaban J connectivity index is 2.34. The number of hydrogen-bond donors (Lipinski definition) is 1. The van der Waals surface area contributed by atoms with Gasteiger partial charge < -0.3 is 15.2 Å². The van der Waals surface area contributed by atoms with Crippen LogP contribution in [0, 0.1) is 18.3 Å². The molecule has 0 saturated carbocycles. The van der Waals surface area contributed by atoms with Crippen LogP contribution in [0.5, 0.6) is 17.4 Å². The molecule has 0 amide bonds. The van der Waals surface area contributed by atoms with Gasteiger partial charge >= 0.3 is 0 Å². The Bertz CT molecular complexity index is 648. The summed E-state index contributed by atoms with van der Waals surface area (Å²) < 4.78 is 10.7. The van der Waals surface area contributed by atoms with E-state index < -0.39 is 0 Å². The van der Waals surface area contributed by atoms with Gasteiger partial charge in [0.05, 0.1) is 12.8 Å². The van der Waals surface area contributed by atoms with Crippen LogP contribution in [-0.2, 0) is 0 Å². The number of anilines is 1. The molecule has 96 valence electrons. The summed E-state index contributed by atoms with van der Waals surface area (Å²) in [5, 5.41) is 9.01. The van der Waals surface area contributed by atoms with Gasteiger partial charge in [0, 0.05) is 11.8 Å². The van der Waals surface area contributed by atoms with Crippen LogP contribution in [0.25, 0.3) is 0 Å². The van der Waals surface area contributed by atoms with E-state index in [-0.39, 0.29) is 5.88 Å². The summed E-state index contributed by atoms with van der Waals surface area (Å²) in [4.78, 5) is 4.19. The van der Waals surface area contributed by atoms with Gasteiger partial charge in [-0.2, -0.15) is 5.26 Å². The molecule has 1 heterocycles. The number of aromatic nitrogens is 1. The molecule has 0 spiro atoms. The Hall–Kier alpha value is -2.74. The van der Waals surface area contributed by atoms with Crippen LogP contribution < -0.4 is 15.2 Å². The summed E-state index contributed by atoms with van der Waals surface area (Å²) in [7, 11) is 1.54. The number of benzene rings is 1. The van der Waals surface area contributed by atoms with Gasteiger partial charge in [0.15, 0.2) is 0 Å². The number of aryl methyl sites for hydroxylation is 1. The van der Waals surface area contributed by atoms with Crippen LogP contribution in [0.4, 0.5) is 5.69 Å². The van der Waals surface area contributed by atoms with Crippen molar-refractivity contribution < 1.29 is 9.47 Å². The quantitative estimate of drug-likeness (QED) is 0.852. The first-order valence-corrected chi connectivity index (χ1v) is 5.63. The average molecular weight is 255 g/mol. The molecule has 2 N–H and O–H groups in total. The van der Waals surface area contributed by atoms with Gasteiger partial charge in [-0.05, 0) is 31.2 Å². The third-order valence-electron chi connectivity index (χ3n) is 2.54. The molecule has 0 aliphatic rings. The Labute approximate surface area is 111 Å². The van der Waals surface area contributed by atoms with E-state index in [0.29, 0.717) is 22.7 Å². The van der Waals surface area contributed by atoms with Gasteiger partial charge in [-0.3, -0.25) is 0 Å². The highest BCUT2D eigenvalue weighted by atomic mass is 16.5.